The highest BCUT2D eigenvalue weighted by Gasteiger charge is 2.42. The molecule has 0 radical (unpaired) electrons. The second kappa shape index (κ2) is 7.32. The van der Waals surface area contributed by atoms with E-state index >= 15 is 0 Å². The second-order valence-corrected chi connectivity index (χ2v) is 6.53. The number of carboxylic acid groups (broad SMARTS) is 1. The lowest BCUT2D eigenvalue weighted by molar-refractivity contribution is -0.142. The van der Waals surface area contributed by atoms with Crippen molar-refractivity contribution in [2.45, 2.75) is 38.1 Å². The van der Waals surface area contributed by atoms with Gasteiger partial charge in [-0.25, -0.2) is 0 Å². The molecule has 0 aliphatic carbocycles. The van der Waals surface area contributed by atoms with Crippen LogP contribution in [0.25, 0.3) is 0 Å². The maximum atomic E-state index is 13.0. The minimum Gasteiger partial charge on any atom is -0.481 e. The molecule has 1 saturated heterocycles. The fraction of sp³-hybridized carbons (Fsp3) is 0.529. The standard InChI is InChI=1S/C17H22ClNO4/c1-11(15(20)21)12(2)19-16(22)17(6-8-23-9-7-17)13-4-3-5-14(18)10-13/h3-5,10-12H,6-9H2,1-2H3,(H,19,22)(H,20,21). The summed E-state index contributed by atoms with van der Waals surface area (Å²) >= 11 is 6.09. The zero-order valence-electron chi connectivity index (χ0n) is 13.3. The van der Waals surface area contributed by atoms with Crippen molar-refractivity contribution >= 4 is 23.5 Å². The molecule has 5 nitrogen and oxygen atoms in total. The molecule has 2 unspecified atom stereocenters. The first kappa shape index (κ1) is 17.8. The van der Waals surface area contributed by atoms with E-state index in [4.69, 9.17) is 21.4 Å². The number of carbonyl (C=O) groups is 2. The van der Waals surface area contributed by atoms with Gasteiger partial charge in [-0.05, 0) is 44.4 Å². The molecule has 1 aromatic carbocycles. The van der Waals surface area contributed by atoms with Crippen molar-refractivity contribution < 1.29 is 19.4 Å². The Morgan fingerprint density at radius 2 is 1.96 bits per heavy atom. The van der Waals surface area contributed by atoms with Crippen LogP contribution >= 0.6 is 11.6 Å². The number of carboxylic acids is 1. The number of benzene rings is 1. The molecule has 0 aromatic heterocycles. The lowest BCUT2D eigenvalue weighted by Gasteiger charge is -2.37. The molecule has 23 heavy (non-hydrogen) atoms. The van der Waals surface area contributed by atoms with Crippen molar-refractivity contribution in [3.8, 4) is 0 Å². The monoisotopic (exact) mass is 339 g/mol. The van der Waals surface area contributed by atoms with Crippen LogP contribution in [0.1, 0.15) is 32.3 Å². The Hall–Kier alpha value is -1.59. The Kier molecular flexibility index (Phi) is 5.65. The fourth-order valence-electron chi connectivity index (χ4n) is 2.84. The molecular weight excluding hydrogens is 318 g/mol. The first-order valence-corrected chi connectivity index (χ1v) is 8.12. The summed E-state index contributed by atoms with van der Waals surface area (Å²) in [6, 6.07) is 6.83. The molecule has 6 heteroatoms. The van der Waals surface area contributed by atoms with Crippen molar-refractivity contribution in [3.63, 3.8) is 0 Å². The highest BCUT2D eigenvalue weighted by molar-refractivity contribution is 6.30. The molecule has 1 amide bonds. The number of halogens is 1. The van der Waals surface area contributed by atoms with E-state index in [0.717, 1.165) is 5.56 Å². The Bertz CT molecular complexity index is 584. The summed E-state index contributed by atoms with van der Waals surface area (Å²) in [7, 11) is 0. The zero-order chi connectivity index (χ0) is 17.0. The van der Waals surface area contributed by atoms with Crippen LogP contribution in [0, 0.1) is 5.92 Å². The SMILES string of the molecule is CC(NC(=O)C1(c2cccc(Cl)c2)CCOCC1)C(C)C(=O)O. The number of aliphatic carboxylic acids is 1. The minimum absolute atomic E-state index is 0.163. The number of carbonyl (C=O) groups excluding carboxylic acids is 1. The fourth-order valence-corrected chi connectivity index (χ4v) is 3.03. The maximum Gasteiger partial charge on any atom is 0.308 e. The van der Waals surface area contributed by atoms with Gasteiger partial charge >= 0.3 is 5.97 Å². The smallest absolute Gasteiger partial charge is 0.308 e. The van der Waals surface area contributed by atoms with Crippen molar-refractivity contribution in [2.24, 2.45) is 5.92 Å². The third-order valence-electron chi connectivity index (χ3n) is 4.66. The number of rotatable bonds is 5. The first-order chi connectivity index (χ1) is 10.9. The van der Waals surface area contributed by atoms with Crippen LogP contribution in [-0.4, -0.2) is 36.2 Å². The van der Waals surface area contributed by atoms with E-state index in [9.17, 15) is 9.59 Å². The number of hydrogen-bond donors (Lipinski definition) is 2. The predicted molar refractivity (Wildman–Crippen MR) is 87.6 cm³/mol. The van der Waals surface area contributed by atoms with Gasteiger partial charge in [0.15, 0.2) is 0 Å². The molecule has 0 spiro atoms. The second-order valence-electron chi connectivity index (χ2n) is 6.09. The lowest BCUT2D eigenvalue weighted by Crippen LogP contribution is -2.52. The van der Waals surface area contributed by atoms with Gasteiger partial charge in [-0.3, -0.25) is 9.59 Å². The summed E-state index contributed by atoms with van der Waals surface area (Å²) in [6.45, 7) is 4.27. The topological polar surface area (TPSA) is 75.6 Å². The van der Waals surface area contributed by atoms with E-state index < -0.39 is 23.3 Å². The van der Waals surface area contributed by atoms with Gasteiger partial charge in [0.1, 0.15) is 0 Å². The van der Waals surface area contributed by atoms with Crippen LogP contribution < -0.4 is 5.32 Å². The van der Waals surface area contributed by atoms with Crippen LogP contribution in [0.3, 0.4) is 0 Å². The largest absolute Gasteiger partial charge is 0.481 e. The van der Waals surface area contributed by atoms with Gasteiger partial charge in [-0.15, -0.1) is 0 Å². The van der Waals surface area contributed by atoms with Crippen molar-refractivity contribution in [1.29, 1.82) is 0 Å². The Morgan fingerprint density at radius 1 is 1.30 bits per heavy atom. The quantitative estimate of drug-likeness (QED) is 0.864. The molecule has 2 N–H and O–H groups in total. The van der Waals surface area contributed by atoms with Gasteiger partial charge in [0, 0.05) is 24.3 Å². The number of nitrogens with one attached hydrogen (secondary N) is 1. The molecule has 1 aromatic rings. The summed E-state index contributed by atoms with van der Waals surface area (Å²) in [5.74, 6) is -1.75. The summed E-state index contributed by atoms with van der Waals surface area (Å²) < 4.78 is 5.41. The summed E-state index contributed by atoms with van der Waals surface area (Å²) in [4.78, 5) is 24.1. The Morgan fingerprint density at radius 3 is 2.52 bits per heavy atom. The maximum absolute atomic E-state index is 13.0. The van der Waals surface area contributed by atoms with Crippen LogP contribution in [-0.2, 0) is 19.7 Å². The van der Waals surface area contributed by atoms with E-state index in [1.807, 2.05) is 12.1 Å². The van der Waals surface area contributed by atoms with E-state index in [2.05, 4.69) is 5.32 Å². The van der Waals surface area contributed by atoms with E-state index in [-0.39, 0.29) is 5.91 Å². The van der Waals surface area contributed by atoms with Gasteiger partial charge < -0.3 is 15.2 Å². The molecule has 0 saturated carbocycles. The van der Waals surface area contributed by atoms with Crippen molar-refractivity contribution in [3.05, 3.63) is 34.9 Å². The number of amides is 1. The number of ether oxygens (including phenoxy) is 1. The molecule has 1 aliphatic rings. The molecule has 0 bridgehead atoms. The van der Waals surface area contributed by atoms with E-state index in [1.165, 1.54) is 0 Å². The van der Waals surface area contributed by atoms with Crippen molar-refractivity contribution in [1.82, 2.24) is 5.32 Å². The minimum atomic E-state index is -0.929. The van der Waals surface area contributed by atoms with Crippen LogP contribution in [0.15, 0.2) is 24.3 Å². The Labute approximate surface area is 141 Å². The zero-order valence-corrected chi connectivity index (χ0v) is 14.1. The molecular formula is C17H22ClNO4. The number of hydrogen-bond acceptors (Lipinski definition) is 3. The molecule has 1 fully saturated rings. The van der Waals surface area contributed by atoms with Gasteiger partial charge in [0.25, 0.3) is 0 Å². The first-order valence-electron chi connectivity index (χ1n) is 7.74. The molecule has 1 aliphatic heterocycles. The van der Waals surface area contributed by atoms with Crippen LogP contribution in [0.2, 0.25) is 5.02 Å². The molecule has 2 rings (SSSR count). The average Bonchev–Trinajstić information content (AvgIpc) is 2.54. The molecule has 126 valence electrons. The normalized spacial score (nSPS) is 19.6. The summed E-state index contributed by atoms with van der Waals surface area (Å²) in [5.41, 5.74) is 0.122. The van der Waals surface area contributed by atoms with Crippen molar-refractivity contribution in [2.75, 3.05) is 13.2 Å². The lowest BCUT2D eigenvalue weighted by atomic mass is 9.73. The Balaban J connectivity index is 2.28. The third-order valence-corrected chi connectivity index (χ3v) is 4.89. The predicted octanol–water partition coefficient (Wildman–Crippen LogP) is 2.61. The van der Waals surface area contributed by atoms with Crippen LogP contribution in [0.4, 0.5) is 0 Å². The highest BCUT2D eigenvalue weighted by atomic mass is 35.5. The van der Waals surface area contributed by atoms with E-state index in [0.29, 0.717) is 31.1 Å². The molecule has 2 atom stereocenters. The van der Waals surface area contributed by atoms with Gasteiger partial charge in [-0.2, -0.15) is 0 Å². The summed E-state index contributed by atoms with van der Waals surface area (Å²) in [5, 5.41) is 12.6. The van der Waals surface area contributed by atoms with Crippen LogP contribution in [0.5, 0.6) is 0 Å². The van der Waals surface area contributed by atoms with Gasteiger partial charge in [0.2, 0.25) is 5.91 Å². The van der Waals surface area contributed by atoms with Gasteiger partial charge in [0.05, 0.1) is 11.3 Å². The summed E-state index contributed by atoms with van der Waals surface area (Å²) in [6.07, 6.45) is 1.10. The third kappa shape index (κ3) is 3.85. The molecule has 1 heterocycles. The van der Waals surface area contributed by atoms with E-state index in [1.54, 1.807) is 26.0 Å². The average molecular weight is 340 g/mol. The van der Waals surface area contributed by atoms with Gasteiger partial charge in [-0.1, -0.05) is 23.7 Å². The highest BCUT2D eigenvalue weighted by Crippen LogP contribution is 2.36.